The number of aryl methyl sites for hydroxylation is 2. The van der Waals surface area contributed by atoms with E-state index in [0.717, 1.165) is 39.3 Å². The Labute approximate surface area is 126 Å². The molecule has 1 fully saturated rings. The standard InChI is InChI=1S/C15H24ClN3O/c1-12-4-5-13(2)19(12)11-8-17-6-9-18(10-7-17)15(20)14(3)16/h4-5,14H,6-11H2,1-3H3. The molecule has 4 nitrogen and oxygen atoms in total. The van der Waals surface area contributed by atoms with Gasteiger partial charge in [-0.15, -0.1) is 11.6 Å². The summed E-state index contributed by atoms with van der Waals surface area (Å²) in [5.41, 5.74) is 2.62. The molecule has 2 heterocycles. The molecule has 1 atom stereocenters. The van der Waals surface area contributed by atoms with Crippen molar-refractivity contribution < 1.29 is 4.79 Å². The highest BCUT2D eigenvalue weighted by Crippen LogP contribution is 2.10. The predicted molar refractivity (Wildman–Crippen MR) is 82.2 cm³/mol. The summed E-state index contributed by atoms with van der Waals surface area (Å²) in [6.07, 6.45) is 0. The second-order valence-corrected chi connectivity index (χ2v) is 6.21. The lowest BCUT2D eigenvalue weighted by Crippen LogP contribution is -2.50. The molecule has 0 aliphatic carbocycles. The minimum atomic E-state index is -0.410. The Morgan fingerprint density at radius 1 is 1.15 bits per heavy atom. The van der Waals surface area contributed by atoms with Crippen molar-refractivity contribution >= 4 is 17.5 Å². The summed E-state index contributed by atoms with van der Waals surface area (Å²) in [7, 11) is 0. The Morgan fingerprint density at radius 2 is 1.70 bits per heavy atom. The van der Waals surface area contributed by atoms with Crippen LogP contribution in [0.15, 0.2) is 12.1 Å². The van der Waals surface area contributed by atoms with Crippen LogP contribution < -0.4 is 0 Å². The number of amides is 1. The third-order valence-electron chi connectivity index (χ3n) is 4.08. The molecule has 1 aliphatic heterocycles. The Bertz CT molecular complexity index is 442. The monoisotopic (exact) mass is 297 g/mol. The molecule has 1 amide bonds. The van der Waals surface area contributed by atoms with Gasteiger partial charge >= 0.3 is 0 Å². The number of carbonyl (C=O) groups is 1. The van der Waals surface area contributed by atoms with Crippen molar-refractivity contribution in [2.45, 2.75) is 32.7 Å². The molecule has 0 spiro atoms. The van der Waals surface area contributed by atoms with Gasteiger partial charge in [0.05, 0.1) is 0 Å². The van der Waals surface area contributed by atoms with Crippen LogP contribution >= 0.6 is 11.6 Å². The maximum absolute atomic E-state index is 11.8. The summed E-state index contributed by atoms with van der Waals surface area (Å²) >= 11 is 5.85. The largest absolute Gasteiger partial charge is 0.348 e. The molecule has 5 heteroatoms. The van der Waals surface area contributed by atoms with E-state index in [2.05, 4.69) is 35.4 Å². The molecule has 0 N–H and O–H groups in total. The molecule has 2 rings (SSSR count). The van der Waals surface area contributed by atoms with Gasteiger partial charge in [0.2, 0.25) is 5.91 Å². The minimum absolute atomic E-state index is 0.0587. The van der Waals surface area contributed by atoms with Crippen LogP contribution in [-0.2, 0) is 11.3 Å². The molecule has 1 aromatic rings. The van der Waals surface area contributed by atoms with Crippen molar-refractivity contribution in [1.82, 2.24) is 14.4 Å². The van der Waals surface area contributed by atoms with E-state index in [-0.39, 0.29) is 5.91 Å². The quantitative estimate of drug-likeness (QED) is 0.794. The topological polar surface area (TPSA) is 28.5 Å². The van der Waals surface area contributed by atoms with Crippen LogP contribution in [0.3, 0.4) is 0 Å². The Morgan fingerprint density at radius 3 is 2.20 bits per heavy atom. The molecule has 1 aliphatic rings. The van der Waals surface area contributed by atoms with Crippen LogP contribution in [0.25, 0.3) is 0 Å². The maximum Gasteiger partial charge on any atom is 0.240 e. The number of aromatic nitrogens is 1. The summed E-state index contributed by atoms with van der Waals surface area (Å²) in [6.45, 7) is 11.5. The molecule has 0 bridgehead atoms. The van der Waals surface area contributed by atoms with Gasteiger partial charge in [-0.3, -0.25) is 9.69 Å². The number of hydrogen-bond acceptors (Lipinski definition) is 2. The van der Waals surface area contributed by atoms with Gasteiger partial charge in [0, 0.05) is 50.7 Å². The molecule has 0 aromatic carbocycles. The fourth-order valence-corrected chi connectivity index (χ4v) is 2.87. The molecular formula is C15H24ClN3O. The lowest BCUT2D eigenvalue weighted by molar-refractivity contribution is -0.132. The molecule has 0 radical (unpaired) electrons. The van der Waals surface area contributed by atoms with Crippen molar-refractivity contribution in [1.29, 1.82) is 0 Å². The summed E-state index contributed by atoms with van der Waals surface area (Å²) in [4.78, 5) is 16.1. The van der Waals surface area contributed by atoms with Gasteiger partial charge < -0.3 is 9.47 Å². The average Bonchev–Trinajstić information content (AvgIpc) is 2.75. The zero-order valence-corrected chi connectivity index (χ0v) is 13.4. The number of rotatable bonds is 4. The van der Waals surface area contributed by atoms with E-state index in [4.69, 9.17) is 11.6 Å². The van der Waals surface area contributed by atoms with Gasteiger partial charge in [-0.2, -0.15) is 0 Å². The fourth-order valence-electron chi connectivity index (χ4n) is 2.74. The molecule has 1 aromatic heterocycles. The Balaban J connectivity index is 1.79. The van der Waals surface area contributed by atoms with E-state index in [0.29, 0.717) is 0 Å². The van der Waals surface area contributed by atoms with Crippen molar-refractivity contribution in [3.05, 3.63) is 23.5 Å². The zero-order valence-electron chi connectivity index (χ0n) is 12.6. The fraction of sp³-hybridized carbons (Fsp3) is 0.667. The van der Waals surface area contributed by atoms with Crippen LogP contribution in [0.2, 0.25) is 0 Å². The third-order valence-corrected chi connectivity index (χ3v) is 4.27. The number of nitrogens with zero attached hydrogens (tertiary/aromatic N) is 3. The number of carbonyl (C=O) groups excluding carboxylic acids is 1. The normalized spacial score (nSPS) is 18.3. The van der Waals surface area contributed by atoms with Crippen LogP contribution in [0.5, 0.6) is 0 Å². The number of piperazine rings is 1. The van der Waals surface area contributed by atoms with Gasteiger partial charge in [-0.05, 0) is 32.9 Å². The van der Waals surface area contributed by atoms with Crippen molar-refractivity contribution in [2.24, 2.45) is 0 Å². The second kappa shape index (κ2) is 6.64. The van der Waals surface area contributed by atoms with Gasteiger partial charge in [-0.25, -0.2) is 0 Å². The van der Waals surface area contributed by atoms with Crippen LogP contribution in [0.1, 0.15) is 18.3 Å². The summed E-state index contributed by atoms with van der Waals surface area (Å²) in [6, 6.07) is 4.32. The van der Waals surface area contributed by atoms with Gasteiger partial charge in [0.1, 0.15) is 5.38 Å². The highest BCUT2D eigenvalue weighted by atomic mass is 35.5. The van der Waals surface area contributed by atoms with Gasteiger partial charge in [0.15, 0.2) is 0 Å². The maximum atomic E-state index is 11.8. The molecule has 20 heavy (non-hydrogen) atoms. The minimum Gasteiger partial charge on any atom is -0.348 e. The smallest absolute Gasteiger partial charge is 0.240 e. The van der Waals surface area contributed by atoms with E-state index < -0.39 is 5.38 Å². The van der Waals surface area contributed by atoms with E-state index >= 15 is 0 Å². The molecule has 0 saturated carbocycles. The first-order valence-corrected chi connectivity index (χ1v) is 7.70. The average molecular weight is 298 g/mol. The van der Waals surface area contributed by atoms with Crippen LogP contribution in [0, 0.1) is 13.8 Å². The first-order valence-electron chi connectivity index (χ1n) is 7.27. The van der Waals surface area contributed by atoms with Gasteiger partial charge in [0.25, 0.3) is 0 Å². The number of halogens is 1. The zero-order chi connectivity index (χ0) is 14.7. The Hall–Kier alpha value is -1.000. The SMILES string of the molecule is Cc1ccc(C)n1CCN1CCN(C(=O)C(C)Cl)CC1. The first kappa shape index (κ1) is 15.4. The third kappa shape index (κ3) is 3.55. The second-order valence-electron chi connectivity index (χ2n) is 5.55. The number of hydrogen-bond donors (Lipinski definition) is 0. The van der Waals surface area contributed by atoms with Crippen molar-refractivity contribution in [2.75, 3.05) is 32.7 Å². The highest BCUT2D eigenvalue weighted by molar-refractivity contribution is 6.30. The van der Waals surface area contributed by atoms with E-state index in [1.54, 1.807) is 6.92 Å². The van der Waals surface area contributed by atoms with Crippen molar-refractivity contribution in [3.8, 4) is 0 Å². The lowest BCUT2D eigenvalue weighted by Gasteiger charge is -2.35. The summed E-state index contributed by atoms with van der Waals surface area (Å²) in [5.74, 6) is 0.0587. The first-order chi connectivity index (χ1) is 9.49. The molecular weight excluding hydrogens is 274 g/mol. The molecule has 1 saturated heterocycles. The van der Waals surface area contributed by atoms with Crippen LogP contribution in [-0.4, -0.2) is 58.4 Å². The van der Waals surface area contributed by atoms with Crippen molar-refractivity contribution in [3.63, 3.8) is 0 Å². The van der Waals surface area contributed by atoms with E-state index in [9.17, 15) is 4.79 Å². The molecule has 1 unspecified atom stereocenters. The highest BCUT2D eigenvalue weighted by Gasteiger charge is 2.23. The summed E-state index contributed by atoms with van der Waals surface area (Å²) in [5, 5.41) is -0.410. The Kier molecular flexibility index (Phi) is 5.11. The lowest BCUT2D eigenvalue weighted by atomic mass is 10.3. The van der Waals surface area contributed by atoms with Crippen LogP contribution in [0.4, 0.5) is 0 Å². The van der Waals surface area contributed by atoms with Gasteiger partial charge in [-0.1, -0.05) is 0 Å². The molecule has 112 valence electrons. The van der Waals surface area contributed by atoms with E-state index in [1.165, 1.54) is 11.4 Å². The number of alkyl halides is 1. The summed E-state index contributed by atoms with van der Waals surface area (Å²) < 4.78 is 2.35. The van der Waals surface area contributed by atoms with E-state index in [1.807, 2.05) is 4.90 Å². The predicted octanol–water partition coefficient (Wildman–Crippen LogP) is 1.88.